The maximum atomic E-state index is 12.0. The molecule has 0 saturated carbocycles. The number of rotatable bonds is 5. The molecule has 0 amide bonds. The number of ketones is 1. The Morgan fingerprint density at radius 1 is 1.30 bits per heavy atom. The molecular weight excluding hydrogens is 266 g/mol. The highest BCUT2D eigenvalue weighted by Gasteiger charge is 2.06. The third kappa shape index (κ3) is 3.50. The Morgan fingerprint density at radius 2 is 2.00 bits per heavy atom. The Labute approximate surface area is 114 Å². The average Bonchev–Trinajstić information content (AvgIpc) is 2.83. The number of benzene rings is 1. The number of aromatic nitrogens is 2. The van der Waals surface area contributed by atoms with Crippen LogP contribution in [0.4, 0.5) is 8.78 Å². The zero-order valence-electron chi connectivity index (χ0n) is 10.7. The van der Waals surface area contributed by atoms with Crippen molar-refractivity contribution in [2.24, 2.45) is 7.05 Å². The maximum Gasteiger partial charge on any atom is 0.387 e. The molecule has 4 nitrogen and oxygen atoms in total. The third-order valence-electron chi connectivity index (χ3n) is 2.61. The molecule has 0 bridgehead atoms. The lowest BCUT2D eigenvalue weighted by Crippen LogP contribution is -2.03. The molecule has 0 N–H and O–H groups in total. The molecular formula is C14H12F2N2O2. The summed E-state index contributed by atoms with van der Waals surface area (Å²) in [4.78, 5) is 11.8. The van der Waals surface area contributed by atoms with Crippen LogP contribution in [0.15, 0.2) is 42.6 Å². The van der Waals surface area contributed by atoms with Gasteiger partial charge < -0.3 is 4.74 Å². The molecule has 0 unspecified atom stereocenters. The standard InChI is InChI=1S/C14H12F2N2O2/c1-18-12(8-9-17-18)13(19)7-4-10-2-5-11(6-3-10)20-14(15)16/h2-9,14H,1H3. The van der Waals surface area contributed by atoms with Crippen molar-refractivity contribution < 1.29 is 18.3 Å². The molecule has 0 spiro atoms. The zero-order chi connectivity index (χ0) is 14.5. The van der Waals surface area contributed by atoms with Gasteiger partial charge in [-0.3, -0.25) is 9.48 Å². The summed E-state index contributed by atoms with van der Waals surface area (Å²) in [6.45, 7) is -2.84. The summed E-state index contributed by atoms with van der Waals surface area (Å²) in [5, 5.41) is 3.91. The maximum absolute atomic E-state index is 12.0. The van der Waals surface area contributed by atoms with Crippen LogP contribution >= 0.6 is 0 Å². The first-order valence-electron chi connectivity index (χ1n) is 5.81. The summed E-state index contributed by atoms with van der Waals surface area (Å²) in [6, 6.07) is 7.63. The molecule has 0 aliphatic carbocycles. The molecule has 104 valence electrons. The number of carbonyl (C=O) groups excluding carboxylic acids is 1. The van der Waals surface area contributed by atoms with Gasteiger partial charge in [-0.25, -0.2) is 0 Å². The summed E-state index contributed by atoms with van der Waals surface area (Å²) < 4.78 is 29.7. The minimum atomic E-state index is -2.84. The number of hydrogen-bond donors (Lipinski definition) is 0. The van der Waals surface area contributed by atoms with Crippen molar-refractivity contribution in [1.82, 2.24) is 9.78 Å². The first kappa shape index (κ1) is 13.9. The van der Waals surface area contributed by atoms with E-state index in [4.69, 9.17) is 0 Å². The van der Waals surface area contributed by atoms with Crippen molar-refractivity contribution in [3.63, 3.8) is 0 Å². The summed E-state index contributed by atoms with van der Waals surface area (Å²) in [5.74, 6) is -0.104. The van der Waals surface area contributed by atoms with E-state index in [1.165, 1.54) is 29.1 Å². The number of nitrogens with zero attached hydrogens (tertiary/aromatic N) is 2. The lowest BCUT2D eigenvalue weighted by atomic mass is 10.1. The monoisotopic (exact) mass is 278 g/mol. The van der Waals surface area contributed by atoms with Crippen LogP contribution in [0.5, 0.6) is 5.75 Å². The highest BCUT2D eigenvalue weighted by atomic mass is 19.3. The Kier molecular flexibility index (Phi) is 4.24. The van der Waals surface area contributed by atoms with E-state index >= 15 is 0 Å². The van der Waals surface area contributed by atoms with Gasteiger partial charge in [-0.2, -0.15) is 13.9 Å². The largest absolute Gasteiger partial charge is 0.435 e. The lowest BCUT2D eigenvalue weighted by Gasteiger charge is -2.03. The van der Waals surface area contributed by atoms with Gasteiger partial charge in [0.15, 0.2) is 0 Å². The van der Waals surface area contributed by atoms with Crippen molar-refractivity contribution in [2.45, 2.75) is 6.61 Å². The summed E-state index contributed by atoms with van der Waals surface area (Å²) >= 11 is 0. The second-order valence-electron chi connectivity index (χ2n) is 3.99. The predicted octanol–water partition coefficient (Wildman–Crippen LogP) is 2.92. The highest BCUT2D eigenvalue weighted by Crippen LogP contribution is 2.15. The number of alkyl halides is 2. The Hall–Kier alpha value is -2.50. The van der Waals surface area contributed by atoms with Gasteiger partial charge in [0.1, 0.15) is 11.4 Å². The quantitative estimate of drug-likeness (QED) is 0.624. The first-order chi connectivity index (χ1) is 9.56. The molecule has 0 fully saturated rings. The molecule has 0 saturated heterocycles. The van der Waals surface area contributed by atoms with Gasteiger partial charge in [0.25, 0.3) is 0 Å². The molecule has 6 heteroatoms. The van der Waals surface area contributed by atoms with E-state index < -0.39 is 6.61 Å². The van der Waals surface area contributed by atoms with Crippen LogP contribution in [-0.4, -0.2) is 22.2 Å². The smallest absolute Gasteiger partial charge is 0.387 e. The fourth-order valence-corrected chi connectivity index (χ4v) is 1.63. The van der Waals surface area contributed by atoms with E-state index in [1.54, 1.807) is 31.3 Å². The van der Waals surface area contributed by atoms with Crippen LogP contribution in [0.3, 0.4) is 0 Å². The van der Waals surface area contributed by atoms with Crippen LogP contribution in [0, 0.1) is 0 Å². The van der Waals surface area contributed by atoms with Crippen molar-refractivity contribution in [3.05, 3.63) is 53.9 Å². The van der Waals surface area contributed by atoms with E-state index in [0.29, 0.717) is 11.3 Å². The lowest BCUT2D eigenvalue weighted by molar-refractivity contribution is -0.0498. The minimum Gasteiger partial charge on any atom is -0.435 e. The van der Waals surface area contributed by atoms with Gasteiger partial charge in [-0.1, -0.05) is 18.2 Å². The molecule has 2 aromatic rings. The van der Waals surface area contributed by atoms with E-state index in [9.17, 15) is 13.6 Å². The molecule has 1 aromatic heterocycles. The van der Waals surface area contributed by atoms with Crippen molar-refractivity contribution in [1.29, 1.82) is 0 Å². The van der Waals surface area contributed by atoms with Crippen LogP contribution in [0.1, 0.15) is 16.1 Å². The predicted molar refractivity (Wildman–Crippen MR) is 69.6 cm³/mol. The summed E-state index contributed by atoms with van der Waals surface area (Å²) in [5.41, 5.74) is 1.18. The van der Waals surface area contributed by atoms with E-state index in [-0.39, 0.29) is 11.5 Å². The van der Waals surface area contributed by atoms with Crippen molar-refractivity contribution in [3.8, 4) is 5.75 Å². The summed E-state index contributed by atoms with van der Waals surface area (Å²) in [7, 11) is 1.68. The number of ether oxygens (including phenoxy) is 1. The molecule has 0 aliphatic rings. The van der Waals surface area contributed by atoms with Gasteiger partial charge in [-0.15, -0.1) is 0 Å². The molecule has 20 heavy (non-hydrogen) atoms. The van der Waals surface area contributed by atoms with Gasteiger partial charge in [0.2, 0.25) is 5.78 Å². The SMILES string of the molecule is Cn1nccc1C(=O)C=Cc1ccc(OC(F)F)cc1. The fourth-order valence-electron chi connectivity index (χ4n) is 1.63. The van der Waals surface area contributed by atoms with Crippen LogP contribution in [-0.2, 0) is 7.05 Å². The number of allylic oxidation sites excluding steroid dienone is 1. The van der Waals surface area contributed by atoms with Crippen LogP contribution in [0.2, 0.25) is 0 Å². The van der Waals surface area contributed by atoms with Gasteiger partial charge >= 0.3 is 6.61 Å². The minimum absolute atomic E-state index is 0.0788. The highest BCUT2D eigenvalue weighted by molar-refractivity contribution is 6.05. The number of halogens is 2. The average molecular weight is 278 g/mol. The fraction of sp³-hybridized carbons (Fsp3) is 0.143. The first-order valence-corrected chi connectivity index (χ1v) is 5.81. The third-order valence-corrected chi connectivity index (χ3v) is 2.61. The second-order valence-corrected chi connectivity index (χ2v) is 3.99. The Bertz CT molecular complexity index is 618. The molecule has 1 aromatic carbocycles. The molecule has 0 aliphatic heterocycles. The zero-order valence-corrected chi connectivity index (χ0v) is 10.7. The van der Waals surface area contributed by atoms with Crippen molar-refractivity contribution >= 4 is 11.9 Å². The Morgan fingerprint density at radius 3 is 2.55 bits per heavy atom. The van der Waals surface area contributed by atoms with Crippen LogP contribution in [0.25, 0.3) is 6.08 Å². The molecule has 0 radical (unpaired) electrons. The normalized spacial score (nSPS) is 11.2. The number of aryl methyl sites for hydroxylation is 1. The van der Waals surface area contributed by atoms with E-state index in [2.05, 4.69) is 9.84 Å². The second kappa shape index (κ2) is 6.10. The van der Waals surface area contributed by atoms with E-state index in [0.717, 1.165) is 0 Å². The van der Waals surface area contributed by atoms with Crippen LogP contribution < -0.4 is 4.74 Å². The number of hydrogen-bond acceptors (Lipinski definition) is 3. The molecule has 1 heterocycles. The number of carbonyl (C=O) groups is 1. The summed E-state index contributed by atoms with van der Waals surface area (Å²) in [6.07, 6.45) is 4.54. The molecule has 0 atom stereocenters. The Balaban J connectivity index is 2.04. The molecule has 2 rings (SSSR count). The van der Waals surface area contributed by atoms with Gasteiger partial charge in [-0.05, 0) is 29.8 Å². The van der Waals surface area contributed by atoms with Crippen molar-refractivity contribution in [2.75, 3.05) is 0 Å². The van der Waals surface area contributed by atoms with Gasteiger partial charge in [0.05, 0.1) is 0 Å². The van der Waals surface area contributed by atoms with Gasteiger partial charge in [0, 0.05) is 13.2 Å². The van der Waals surface area contributed by atoms with E-state index in [1.807, 2.05) is 0 Å². The topological polar surface area (TPSA) is 44.1 Å².